The maximum absolute atomic E-state index is 10.0. The topological polar surface area (TPSA) is 65.4 Å². The Labute approximate surface area is 240 Å². The summed E-state index contributed by atoms with van der Waals surface area (Å²) in [5, 5.41) is 20.1. The molecule has 2 atom stereocenters. The van der Waals surface area contributed by atoms with Gasteiger partial charge in [0, 0.05) is 40.7 Å². The summed E-state index contributed by atoms with van der Waals surface area (Å²) in [7, 11) is 0. The van der Waals surface area contributed by atoms with Crippen LogP contribution in [0.5, 0.6) is 11.5 Å². The van der Waals surface area contributed by atoms with Gasteiger partial charge in [-0.2, -0.15) is 0 Å². The van der Waals surface area contributed by atoms with E-state index < -0.39 is 0 Å². The molecule has 6 rings (SSSR count). The molecule has 2 aromatic rings. The molecule has 2 bridgehead atoms. The Morgan fingerprint density at radius 2 is 1.27 bits per heavy atom. The largest absolute Gasteiger partial charge is 0.478 e. The van der Waals surface area contributed by atoms with Crippen molar-refractivity contribution in [2.24, 2.45) is 16.7 Å². The van der Waals surface area contributed by atoms with Crippen LogP contribution in [0.15, 0.2) is 36.4 Å². The Morgan fingerprint density at radius 1 is 0.800 bits per heavy atom. The van der Waals surface area contributed by atoms with E-state index in [1.807, 2.05) is 0 Å². The number of benzene rings is 2. The number of rotatable bonds is 6. The summed E-state index contributed by atoms with van der Waals surface area (Å²) < 4.78 is 12.4. The molecule has 6 heteroatoms. The van der Waals surface area contributed by atoms with Gasteiger partial charge < -0.3 is 19.7 Å². The predicted octanol–water partition coefficient (Wildman–Crippen LogP) is 5.66. The lowest BCUT2D eigenvalue weighted by Crippen LogP contribution is -2.49. The Bertz CT molecular complexity index is 1220. The first kappa shape index (κ1) is 28.0. The van der Waals surface area contributed by atoms with Crippen molar-refractivity contribution in [3.05, 3.63) is 58.7 Å². The maximum Gasteiger partial charge on any atom is 0.142 e. The smallest absolute Gasteiger partial charge is 0.142 e. The minimum Gasteiger partial charge on any atom is -0.478 e. The number of ether oxygens (including phenoxy) is 2. The van der Waals surface area contributed by atoms with Crippen LogP contribution in [-0.2, 0) is 18.5 Å². The molecule has 0 radical (unpaired) electrons. The van der Waals surface area contributed by atoms with E-state index in [1.165, 1.54) is 35.1 Å². The minimum absolute atomic E-state index is 0.0885. The standard InChI is InChI=1S/C34H48N2O4/c1-30(2,19-37)35-16-23-14-25(8-10-27(23)39-21-35)34(18-33(7)13-12-29(34)32(33,5)6)26-9-11-28-24(15-26)17-36(22-40-28)31(3,4)20-38/h8-11,14-15,29,37-38H,12-13,16-22H2,1-7H3. The molecule has 2 unspecified atom stereocenters. The average Bonchev–Trinajstić information content (AvgIpc) is 3.29. The van der Waals surface area contributed by atoms with Crippen molar-refractivity contribution in [2.75, 3.05) is 26.7 Å². The Morgan fingerprint density at radius 3 is 1.65 bits per heavy atom. The number of fused-ring (bicyclic) bond motifs is 4. The molecule has 218 valence electrons. The molecule has 40 heavy (non-hydrogen) atoms. The normalized spacial score (nSPS) is 27.6. The van der Waals surface area contributed by atoms with E-state index in [9.17, 15) is 10.2 Å². The fourth-order valence-corrected chi connectivity index (χ4v) is 8.27. The van der Waals surface area contributed by atoms with Crippen molar-refractivity contribution >= 4 is 0 Å². The van der Waals surface area contributed by atoms with Crippen LogP contribution < -0.4 is 9.47 Å². The van der Waals surface area contributed by atoms with Crippen LogP contribution in [0.4, 0.5) is 0 Å². The van der Waals surface area contributed by atoms with Crippen molar-refractivity contribution in [1.29, 1.82) is 0 Å². The Kier molecular flexibility index (Phi) is 6.44. The highest BCUT2D eigenvalue weighted by molar-refractivity contribution is 5.52. The van der Waals surface area contributed by atoms with Crippen molar-refractivity contribution in [2.45, 2.75) is 97.3 Å². The average molecular weight is 549 g/mol. The number of hydrogen-bond donors (Lipinski definition) is 2. The highest BCUT2D eigenvalue weighted by Crippen LogP contribution is 2.74. The summed E-state index contributed by atoms with van der Waals surface area (Å²) in [6.07, 6.45) is 3.61. The quantitative estimate of drug-likeness (QED) is 0.485. The molecule has 0 saturated heterocycles. The second-order valence-electron chi connectivity index (χ2n) is 15.1. The third-order valence-corrected chi connectivity index (χ3v) is 11.8. The SMILES string of the molecule is CC(C)(CO)N1COc2ccc(C3(c4ccc5c(c4)CN(C(C)(C)CO)CO5)CC4(C)CCC3C4(C)C)cc2C1. The summed E-state index contributed by atoms with van der Waals surface area (Å²) in [6, 6.07) is 13.8. The lowest BCUT2D eigenvalue weighted by molar-refractivity contribution is -0.0168. The van der Waals surface area contributed by atoms with E-state index in [0.717, 1.165) is 31.0 Å². The van der Waals surface area contributed by atoms with Gasteiger partial charge in [0.05, 0.1) is 13.2 Å². The first-order chi connectivity index (χ1) is 18.8. The second kappa shape index (κ2) is 9.19. The first-order valence-electron chi connectivity index (χ1n) is 15.0. The summed E-state index contributed by atoms with van der Waals surface area (Å²) >= 11 is 0. The van der Waals surface area contributed by atoms with Gasteiger partial charge in [0.15, 0.2) is 0 Å². The van der Waals surface area contributed by atoms with E-state index in [4.69, 9.17) is 9.47 Å². The van der Waals surface area contributed by atoms with Crippen LogP contribution >= 0.6 is 0 Å². The van der Waals surface area contributed by atoms with Crippen LogP contribution in [0.1, 0.15) is 90.0 Å². The number of aliphatic hydroxyl groups is 2. The summed E-state index contributed by atoms with van der Waals surface area (Å²) in [4.78, 5) is 4.46. The van der Waals surface area contributed by atoms with Gasteiger partial charge in [-0.05, 0) is 99.1 Å². The van der Waals surface area contributed by atoms with Gasteiger partial charge in [-0.1, -0.05) is 32.9 Å². The first-order valence-corrected chi connectivity index (χ1v) is 15.0. The van der Waals surface area contributed by atoms with Crippen molar-refractivity contribution < 1.29 is 19.7 Å². The van der Waals surface area contributed by atoms with Crippen molar-refractivity contribution in [3.8, 4) is 11.5 Å². The van der Waals surface area contributed by atoms with Crippen LogP contribution in [0.2, 0.25) is 0 Å². The van der Waals surface area contributed by atoms with E-state index in [-0.39, 0.29) is 40.5 Å². The molecule has 2 aliphatic carbocycles. The Hall–Kier alpha value is -2.12. The summed E-state index contributed by atoms with van der Waals surface area (Å²) in [6.45, 7) is 18.5. The second-order valence-corrected chi connectivity index (χ2v) is 15.1. The van der Waals surface area contributed by atoms with Crippen molar-refractivity contribution in [1.82, 2.24) is 9.80 Å². The molecule has 2 N–H and O–H groups in total. The third-order valence-electron chi connectivity index (χ3n) is 11.8. The molecule has 0 spiro atoms. The zero-order valence-electron chi connectivity index (χ0n) is 25.5. The lowest BCUT2D eigenvalue weighted by atomic mass is 9.61. The van der Waals surface area contributed by atoms with Gasteiger partial charge in [-0.3, -0.25) is 9.80 Å². The molecule has 2 aromatic carbocycles. The fraction of sp³-hybridized carbons (Fsp3) is 0.647. The van der Waals surface area contributed by atoms with E-state index in [1.54, 1.807) is 0 Å². The van der Waals surface area contributed by atoms with Gasteiger partial charge in [0.1, 0.15) is 25.0 Å². The fourth-order valence-electron chi connectivity index (χ4n) is 8.27. The molecule has 0 aromatic heterocycles. The molecule has 6 nitrogen and oxygen atoms in total. The van der Waals surface area contributed by atoms with Crippen LogP contribution in [0.3, 0.4) is 0 Å². The number of hydrogen-bond acceptors (Lipinski definition) is 6. The summed E-state index contributed by atoms with van der Waals surface area (Å²) in [5.41, 5.74) is 4.83. The molecule has 2 aliphatic heterocycles. The van der Waals surface area contributed by atoms with Gasteiger partial charge in [0.2, 0.25) is 0 Å². The Balaban J connectivity index is 1.46. The van der Waals surface area contributed by atoms with Crippen LogP contribution in [0.25, 0.3) is 0 Å². The molecule has 2 saturated carbocycles. The zero-order chi connectivity index (χ0) is 28.7. The molecule has 2 heterocycles. The van der Waals surface area contributed by atoms with E-state index in [2.05, 4.69) is 94.7 Å². The van der Waals surface area contributed by atoms with Gasteiger partial charge in [-0.15, -0.1) is 0 Å². The molecule has 0 amide bonds. The highest BCUT2D eigenvalue weighted by Gasteiger charge is 2.67. The van der Waals surface area contributed by atoms with Gasteiger partial charge in [-0.25, -0.2) is 0 Å². The van der Waals surface area contributed by atoms with Gasteiger partial charge >= 0.3 is 0 Å². The third kappa shape index (κ3) is 3.97. The molecule has 4 aliphatic rings. The summed E-state index contributed by atoms with van der Waals surface area (Å²) in [5.74, 6) is 2.43. The van der Waals surface area contributed by atoms with Gasteiger partial charge in [0.25, 0.3) is 0 Å². The van der Waals surface area contributed by atoms with Crippen LogP contribution in [-0.4, -0.2) is 57.8 Å². The maximum atomic E-state index is 10.0. The predicted molar refractivity (Wildman–Crippen MR) is 157 cm³/mol. The van der Waals surface area contributed by atoms with Crippen molar-refractivity contribution in [3.63, 3.8) is 0 Å². The zero-order valence-corrected chi connectivity index (χ0v) is 25.5. The molecular formula is C34H48N2O4. The minimum atomic E-state index is -0.347. The van der Waals surface area contributed by atoms with E-state index in [0.29, 0.717) is 19.4 Å². The monoisotopic (exact) mass is 548 g/mol. The lowest BCUT2D eigenvalue weighted by Gasteiger charge is -2.44. The number of nitrogens with zero attached hydrogens (tertiary/aromatic N) is 2. The molecular weight excluding hydrogens is 500 g/mol. The van der Waals surface area contributed by atoms with E-state index >= 15 is 0 Å². The van der Waals surface area contributed by atoms with Crippen LogP contribution in [0, 0.1) is 16.7 Å². The molecule has 2 fully saturated rings. The number of aliphatic hydroxyl groups excluding tert-OH is 2. The highest BCUT2D eigenvalue weighted by atomic mass is 16.5.